The summed E-state index contributed by atoms with van der Waals surface area (Å²) in [6.07, 6.45) is -10.9. The highest BCUT2D eigenvalue weighted by Gasteiger charge is 2.45. The molecule has 1 spiro atoms. The number of carbonyl (C=O) groups is 3. The first kappa shape index (κ1) is 40.0. The zero-order valence-corrected chi connectivity index (χ0v) is 25.6. The topological polar surface area (TPSA) is 136 Å². The molecule has 3 aromatic rings. The molecule has 4 heterocycles. The SMILES string of the molecule is CN1CCn2c(-c3ccccc3)cnc2C12CCN(Cc1cccs1)CC2.O=C(O)C(F)(F)F.O=C(O)C(F)(F)F.O=C(O)C(F)(F)F. The largest absolute Gasteiger partial charge is 0.490 e. The first-order valence-electron chi connectivity index (χ1n) is 13.6. The van der Waals surface area contributed by atoms with E-state index in [-0.39, 0.29) is 5.54 Å². The van der Waals surface area contributed by atoms with Crippen molar-refractivity contribution < 1.29 is 69.2 Å². The number of thiophene rings is 1. The number of rotatable bonds is 3. The van der Waals surface area contributed by atoms with Gasteiger partial charge in [-0.1, -0.05) is 36.4 Å². The number of fused-ring (bicyclic) bond motifs is 2. The second-order valence-electron chi connectivity index (χ2n) is 10.2. The van der Waals surface area contributed by atoms with Gasteiger partial charge in [-0.05, 0) is 36.9 Å². The van der Waals surface area contributed by atoms with Crippen molar-refractivity contribution in [2.24, 2.45) is 0 Å². The van der Waals surface area contributed by atoms with Crippen molar-refractivity contribution in [3.63, 3.8) is 0 Å². The number of carboxylic acid groups (broad SMARTS) is 3. The Hall–Kier alpha value is -4.17. The third-order valence-corrected chi connectivity index (χ3v) is 7.96. The molecule has 0 saturated carbocycles. The monoisotopic (exact) mass is 720 g/mol. The predicted molar refractivity (Wildman–Crippen MR) is 152 cm³/mol. The number of nitrogens with zero attached hydrogens (tertiary/aromatic N) is 4. The number of hydrogen-bond acceptors (Lipinski definition) is 7. The minimum Gasteiger partial charge on any atom is -0.475 e. The Kier molecular flexibility index (Phi) is 13.6. The number of hydrogen-bond donors (Lipinski definition) is 3. The Morgan fingerprint density at radius 3 is 1.67 bits per heavy atom. The summed E-state index contributed by atoms with van der Waals surface area (Å²) in [4.78, 5) is 38.3. The Bertz CT molecular complexity index is 1430. The lowest BCUT2D eigenvalue weighted by Crippen LogP contribution is -2.56. The number of alkyl halides is 9. The number of benzene rings is 1. The quantitative estimate of drug-likeness (QED) is 0.281. The third-order valence-electron chi connectivity index (χ3n) is 7.10. The standard InChI is InChI=1S/C22H26N4S.3C2HF3O2/c1-24-13-14-26-20(18-6-3-2-4-7-18)16-23-21(26)22(24)9-11-25(12-10-22)17-19-8-5-15-27-19;3*3-2(4,5)1(6)7/h2-8,15-16H,9-14,17H2,1H3;3*(H,6,7). The molecular weight excluding hydrogens is 691 g/mol. The minimum absolute atomic E-state index is 0.0806. The van der Waals surface area contributed by atoms with E-state index in [1.54, 1.807) is 0 Å². The molecule has 10 nitrogen and oxygen atoms in total. The highest BCUT2D eigenvalue weighted by Crippen LogP contribution is 2.41. The summed E-state index contributed by atoms with van der Waals surface area (Å²) in [5.74, 6) is -7.00. The molecule has 5 rings (SSSR count). The fourth-order valence-electron chi connectivity index (χ4n) is 4.76. The minimum atomic E-state index is -5.08. The molecule has 2 aromatic heterocycles. The van der Waals surface area contributed by atoms with Crippen LogP contribution in [0, 0.1) is 0 Å². The van der Waals surface area contributed by atoms with Crippen LogP contribution < -0.4 is 0 Å². The van der Waals surface area contributed by atoms with Gasteiger partial charge in [0.05, 0.1) is 17.4 Å². The Morgan fingerprint density at radius 1 is 0.771 bits per heavy atom. The van der Waals surface area contributed by atoms with Gasteiger partial charge in [-0.15, -0.1) is 11.3 Å². The van der Waals surface area contributed by atoms with Crippen LogP contribution in [0.3, 0.4) is 0 Å². The van der Waals surface area contributed by atoms with Gasteiger partial charge in [-0.25, -0.2) is 19.4 Å². The van der Waals surface area contributed by atoms with Crippen LogP contribution >= 0.6 is 11.3 Å². The van der Waals surface area contributed by atoms with Crippen LogP contribution in [0.4, 0.5) is 39.5 Å². The van der Waals surface area contributed by atoms with Gasteiger partial charge in [0.25, 0.3) is 0 Å². The molecule has 2 aliphatic heterocycles. The molecule has 1 aromatic carbocycles. The number of piperidine rings is 1. The van der Waals surface area contributed by atoms with Gasteiger partial charge >= 0.3 is 36.4 Å². The van der Waals surface area contributed by atoms with E-state index in [1.165, 1.54) is 22.0 Å². The van der Waals surface area contributed by atoms with E-state index in [4.69, 9.17) is 34.7 Å². The number of aromatic nitrogens is 2. The number of imidazole rings is 1. The van der Waals surface area contributed by atoms with Crippen molar-refractivity contribution in [2.45, 2.75) is 50.0 Å². The summed E-state index contributed by atoms with van der Waals surface area (Å²) in [5.41, 5.74) is 2.61. The maximum Gasteiger partial charge on any atom is 0.490 e. The van der Waals surface area contributed by atoms with Crippen LogP contribution in [0.1, 0.15) is 23.5 Å². The van der Waals surface area contributed by atoms with Gasteiger partial charge in [0, 0.05) is 37.6 Å². The molecule has 2 aliphatic rings. The number of carboxylic acids is 3. The molecule has 0 radical (unpaired) electrons. The van der Waals surface area contributed by atoms with E-state index in [0.717, 1.165) is 45.6 Å². The van der Waals surface area contributed by atoms with Crippen molar-refractivity contribution in [3.05, 3.63) is 64.7 Å². The Balaban J connectivity index is 0.000000313. The van der Waals surface area contributed by atoms with Crippen molar-refractivity contribution in [3.8, 4) is 11.3 Å². The third kappa shape index (κ3) is 11.2. The highest BCUT2D eigenvalue weighted by atomic mass is 32.1. The van der Waals surface area contributed by atoms with Crippen LogP contribution in [0.25, 0.3) is 11.3 Å². The molecule has 0 bridgehead atoms. The molecule has 1 fully saturated rings. The first-order chi connectivity index (χ1) is 22.1. The summed E-state index contributed by atoms with van der Waals surface area (Å²) in [7, 11) is 2.29. The summed E-state index contributed by atoms with van der Waals surface area (Å²) >= 11 is 1.87. The molecule has 20 heteroatoms. The molecule has 48 heavy (non-hydrogen) atoms. The summed E-state index contributed by atoms with van der Waals surface area (Å²) in [5, 5.41) is 23.6. The molecule has 3 N–H and O–H groups in total. The second-order valence-corrected chi connectivity index (χ2v) is 11.2. The highest BCUT2D eigenvalue weighted by molar-refractivity contribution is 7.09. The Morgan fingerprint density at radius 2 is 1.25 bits per heavy atom. The van der Waals surface area contributed by atoms with Gasteiger partial charge in [-0.2, -0.15) is 39.5 Å². The molecule has 0 unspecified atom stereocenters. The zero-order chi connectivity index (χ0) is 36.5. The second kappa shape index (κ2) is 16.3. The van der Waals surface area contributed by atoms with Gasteiger partial charge in [0.2, 0.25) is 0 Å². The molecule has 0 amide bonds. The van der Waals surface area contributed by atoms with Gasteiger partial charge in [0.15, 0.2) is 0 Å². The van der Waals surface area contributed by atoms with Gasteiger partial charge in [-0.3, -0.25) is 9.80 Å². The normalized spacial score (nSPS) is 16.2. The fraction of sp³-hybridized carbons (Fsp3) is 0.429. The van der Waals surface area contributed by atoms with E-state index >= 15 is 0 Å². The summed E-state index contributed by atoms with van der Waals surface area (Å²) in [6.45, 7) is 5.47. The van der Waals surface area contributed by atoms with Crippen LogP contribution in [0.2, 0.25) is 0 Å². The van der Waals surface area contributed by atoms with E-state index in [9.17, 15) is 39.5 Å². The van der Waals surface area contributed by atoms with E-state index in [0.29, 0.717) is 0 Å². The maximum atomic E-state index is 10.6. The van der Waals surface area contributed by atoms with Crippen LogP contribution in [-0.4, -0.2) is 97.8 Å². The predicted octanol–water partition coefficient (Wildman–Crippen LogP) is 5.95. The number of halogens is 9. The summed E-state index contributed by atoms with van der Waals surface area (Å²) in [6, 6.07) is 15.1. The molecule has 266 valence electrons. The van der Waals surface area contributed by atoms with Crippen LogP contribution in [-0.2, 0) is 33.0 Å². The number of likely N-dealkylation sites (N-methyl/N-ethyl adjacent to an activating group) is 1. The van der Waals surface area contributed by atoms with Crippen LogP contribution in [0.5, 0.6) is 0 Å². The van der Waals surface area contributed by atoms with E-state index in [2.05, 4.69) is 75.5 Å². The Labute approximate surface area is 270 Å². The smallest absolute Gasteiger partial charge is 0.475 e. The lowest BCUT2D eigenvalue weighted by molar-refractivity contribution is -0.193. The zero-order valence-electron chi connectivity index (χ0n) is 24.8. The van der Waals surface area contributed by atoms with Crippen molar-refractivity contribution in [1.29, 1.82) is 0 Å². The van der Waals surface area contributed by atoms with Crippen molar-refractivity contribution >= 4 is 29.2 Å². The van der Waals surface area contributed by atoms with E-state index < -0.39 is 36.4 Å². The molecule has 1 saturated heterocycles. The fourth-order valence-corrected chi connectivity index (χ4v) is 5.50. The van der Waals surface area contributed by atoms with Crippen LogP contribution in [0.15, 0.2) is 54.0 Å². The average Bonchev–Trinajstić information content (AvgIpc) is 3.67. The summed E-state index contributed by atoms with van der Waals surface area (Å²) < 4.78 is 97.7. The van der Waals surface area contributed by atoms with Gasteiger partial charge < -0.3 is 19.9 Å². The van der Waals surface area contributed by atoms with Crippen molar-refractivity contribution in [1.82, 2.24) is 19.4 Å². The number of aliphatic carboxylic acids is 3. The van der Waals surface area contributed by atoms with E-state index in [1.807, 2.05) is 11.3 Å². The lowest BCUT2D eigenvalue weighted by atomic mass is 9.83. The molecule has 0 atom stereocenters. The van der Waals surface area contributed by atoms with Crippen molar-refractivity contribution in [2.75, 3.05) is 26.7 Å². The average molecular weight is 721 g/mol. The maximum absolute atomic E-state index is 10.6. The number of likely N-dealkylation sites (tertiary alicyclic amines) is 1. The first-order valence-corrected chi connectivity index (χ1v) is 14.4. The molecule has 0 aliphatic carbocycles. The molecular formula is C28H29F9N4O6S. The lowest BCUT2D eigenvalue weighted by Gasteiger charge is -2.49. The van der Waals surface area contributed by atoms with Gasteiger partial charge in [0.1, 0.15) is 5.82 Å².